The second kappa shape index (κ2) is 8.94. The number of hydrogen-bond donors (Lipinski definition) is 2. The van der Waals surface area contributed by atoms with Crippen molar-refractivity contribution < 1.29 is 8.42 Å². The molecular weight excluding hydrogens is 276 g/mol. The van der Waals surface area contributed by atoms with Crippen LogP contribution in [0.25, 0.3) is 0 Å². The zero-order valence-corrected chi connectivity index (χ0v) is 13.9. The molecular formula is C13H30N4O2S. The molecule has 0 amide bonds. The molecule has 0 aromatic carbocycles. The van der Waals surface area contributed by atoms with Gasteiger partial charge >= 0.3 is 0 Å². The maximum absolute atomic E-state index is 12.2. The van der Waals surface area contributed by atoms with Gasteiger partial charge in [-0.15, -0.1) is 0 Å². The minimum absolute atomic E-state index is 0.0469. The lowest BCUT2D eigenvalue weighted by atomic mass is 10.3. The van der Waals surface area contributed by atoms with Crippen molar-refractivity contribution >= 4 is 10.2 Å². The summed E-state index contributed by atoms with van der Waals surface area (Å²) in [6.07, 6.45) is 3.28. The Morgan fingerprint density at radius 3 is 2.55 bits per heavy atom. The lowest BCUT2D eigenvalue weighted by Crippen LogP contribution is -2.47. The van der Waals surface area contributed by atoms with Crippen molar-refractivity contribution in [3.8, 4) is 0 Å². The van der Waals surface area contributed by atoms with Crippen molar-refractivity contribution in [2.75, 3.05) is 46.3 Å². The molecule has 2 N–H and O–H groups in total. The molecule has 1 atom stereocenters. The van der Waals surface area contributed by atoms with E-state index in [2.05, 4.69) is 14.9 Å². The second-order valence-electron chi connectivity index (χ2n) is 5.56. The highest BCUT2D eigenvalue weighted by Gasteiger charge is 2.22. The summed E-state index contributed by atoms with van der Waals surface area (Å²) < 4.78 is 28.5. The second-order valence-corrected chi connectivity index (χ2v) is 7.37. The van der Waals surface area contributed by atoms with Crippen molar-refractivity contribution in [3.05, 3.63) is 0 Å². The van der Waals surface area contributed by atoms with Crippen LogP contribution >= 0.6 is 0 Å². The van der Waals surface area contributed by atoms with E-state index in [1.165, 1.54) is 17.1 Å². The van der Waals surface area contributed by atoms with Gasteiger partial charge in [-0.05, 0) is 52.4 Å². The first kappa shape index (κ1) is 17.8. The average Bonchev–Trinajstić information content (AvgIpc) is 2.86. The molecule has 0 spiro atoms. The molecule has 7 heteroatoms. The number of likely N-dealkylation sites (tertiary alicyclic amines) is 1. The third-order valence-corrected chi connectivity index (χ3v) is 5.27. The van der Waals surface area contributed by atoms with Crippen LogP contribution in [0.15, 0.2) is 0 Å². The Labute approximate surface area is 124 Å². The molecule has 1 saturated heterocycles. The quantitative estimate of drug-likeness (QED) is 0.567. The van der Waals surface area contributed by atoms with E-state index in [4.69, 9.17) is 0 Å². The van der Waals surface area contributed by atoms with Gasteiger partial charge in [0.15, 0.2) is 0 Å². The van der Waals surface area contributed by atoms with Crippen LogP contribution in [0.1, 0.15) is 33.1 Å². The molecule has 1 rings (SSSR count). The Hall–Kier alpha value is -0.210. The van der Waals surface area contributed by atoms with E-state index in [9.17, 15) is 8.42 Å². The zero-order chi connectivity index (χ0) is 15.0. The largest absolute Gasteiger partial charge is 0.317 e. The highest BCUT2D eigenvalue weighted by molar-refractivity contribution is 7.87. The van der Waals surface area contributed by atoms with E-state index in [1.807, 2.05) is 13.8 Å². The van der Waals surface area contributed by atoms with Crippen molar-refractivity contribution in [1.82, 2.24) is 19.2 Å². The van der Waals surface area contributed by atoms with Gasteiger partial charge in [0.05, 0.1) is 0 Å². The normalized spacial score (nSPS) is 18.8. The van der Waals surface area contributed by atoms with Crippen molar-refractivity contribution in [2.24, 2.45) is 0 Å². The minimum Gasteiger partial charge on any atom is -0.317 e. The Morgan fingerprint density at radius 1 is 1.30 bits per heavy atom. The topological polar surface area (TPSA) is 64.7 Å². The zero-order valence-electron chi connectivity index (χ0n) is 13.1. The van der Waals surface area contributed by atoms with Crippen molar-refractivity contribution in [2.45, 2.75) is 39.2 Å². The van der Waals surface area contributed by atoms with Gasteiger partial charge in [0.25, 0.3) is 10.2 Å². The molecule has 1 aliphatic rings. The molecule has 1 fully saturated rings. The van der Waals surface area contributed by atoms with Crippen LogP contribution in [0.5, 0.6) is 0 Å². The maximum Gasteiger partial charge on any atom is 0.279 e. The molecule has 0 aromatic heterocycles. The predicted octanol–water partition coefficient (Wildman–Crippen LogP) is 0.237. The Bertz CT molecular complexity index is 355. The number of hydrogen-bond acceptors (Lipinski definition) is 4. The smallest absolute Gasteiger partial charge is 0.279 e. The van der Waals surface area contributed by atoms with E-state index >= 15 is 0 Å². The van der Waals surface area contributed by atoms with Gasteiger partial charge in [-0.1, -0.05) is 6.92 Å². The monoisotopic (exact) mass is 306 g/mol. The standard InChI is InChI=1S/C13H30N4O2S/c1-4-14-8-7-9-16(3)20(18,19)15-13(2)12-17-10-5-6-11-17/h13-15H,4-12H2,1-3H3. The first-order chi connectivity index (χ1) is 9.45. The van der Waals surface area contributed by atoms with Crippen LogP contribution in [0.4, 0.5) is 0 Å². The fraction of sp³-hybridized carbons (Fsp3) is 1.00. The van der Waals surface area contributed by atoms with Gasteiger partial charge in [-0.25, -0.2) is 0 Å². The molecule has 120 valence electrons. The molecule has 1 heterocycles. The third kappa shape index (κ3) is 6.49. The van der Waals surface area contributed by atoms with Crippen LogP contribution in [-0.4, -0.2) is 70.0 Å². The van der Waals surface area contributed by atoms with Gasteiger partial charge in [-0.3, -0.25) is 0 Å². The summed E-state index contributed by atoms with van der Waals surface area (Å²) in [6, 6.07) is -0.0469. The van der Waals surface area contributed by atoms with Gasteiger partial charge in [-0.2, -0.15) is 17.4 Å². The molecule has 1 unspecified atom stereocenters. The van der Waals surface area contributed by atoms with Crippen LogP contribution in [0, 0.1) is 0 Å². The van der Waals surface area contributed by atoms with Gasteiger partial charge in [0, 0.05) is 26.2 Å². The van der Waals surface area contributed by atoms with E-state index in [0.717, 1.165) is 39.1 Å². The lowest BCUT2D eigenvalue weighted by molar-refractivity contribution is 0.309. The number of rotatable bonds is 10. The predicted molar refractivity (Wildman–Crippen MR) is 83.0 cm³/mol. The van der Waals surface area contributed by atoms with Crippen LogP contribution in [0.3, 0.4) is 0 Å². The molecule has 0 radical (unpaired) electrons. The molecule has 0 aromatic rings. The summed E-state index contributed by atoms with van der Waals surface area (Å²) in [5.41, 5.74) is 0. The summed E-state index contributed by atoms with van der Waals surface area (Å²) in [5, 5.41) is 3.20. The molecule has 0 bridgehead atoms. The van der Waals surface area contributed by atoms with Crippen molar-refractivity contribution in [3.63, 3.8) is 0 Å². The Morgan fingerprint density at radius 2 is 1.95 bits per heavy atom. The summed E-state index contributed by atoms with van der Waals surface area (Å²) >= 11 is 0. The number of nitrogens with one attached hydrogen (secondary N) is 2. The van der Waals surface area contributed by atoms with E-state index in [1.54, 1.807) is 7.05 Å². The molecule has 6 nitrogen and oxygen atoms in total. The average molecular weight is 306 g/mol. The summed E-state index contributed by atoms with van der Waals surface area (Å²) in [5.74, 6) is 0. The maximum atomic E-state index is 12.2. The van der Waals surface area contributed by atoms with Gasteiger partial charge < -0.3 is 10.2 Å². The Balaban J connectivity index is 2.30. The summed E-state index contributed by atoms with van der Waals surface area (Å²) in [4.78, 5) is 2.32. The van der Waals surface area contributed by atoms with Gasteiger partial charge in [0.2, 0.25) is 0 Å². The van der Waals surface area contributed by atoms with E-state index in [-0.39, 0.29) is 6.04 Å². The highest BCUT2D eigenvalue weighted by Crippen LogP contribution is 2.08. The van der Waals surface area contributed by atoms with E-state index in [0.29, 0.717) is 6.54 Å². The van der Waals surface area contributed by atoms with Crippen LogP contribution in [0.2, 0.25) is 0 Å². The summed E-state index contributed by atoms with van der Waals surface area (Å²) in [7, 11) is -1.72. The van der Waals surface area contributed by atoms with Crippen molar-refractivity contribution in [1.29, 1.82) is 0 Å². The first-order valence-electron chi connectivity index (χ1n) is 7.62. The highest BCUT2D eigenvalue weighted by atomic mass is 32.2. The van der Waals surface area contributed by atoms with E-state index < -0.39 is 10.2 Å². The molecule has 0 aliphatic carbocycles. The molecule has 20 heavy (non-hydrogen) atoms. The minimum atomic E-state index is -3.36. The fourth-order valence-corrected chi connectivity index (χ4v) is 3.59. The van der Waals surface area contributed by atoms with Crippen LogP contribution < -0.4 is 10.0 Å². The first-order valence-corrected chi connectivity index (χ1v) is 9.06. The summed E-state index contributed by atoms with van der Waals surface area (Å²) in [6.45, 7) is 9.25. The lowest BCUT2D eigenvalue weighted by Gasteiger charge is -2.24. The van der Waals surface area contributed by atoms with Crippen LogP contribution in [-0.2, 0) is 10.2 Å². The molecule has 0 saturated carbocycles. The SMILES string of the molecule is CCNCCCN(C)S(=O)(=O)NC(C)CN1CCCC1. The van der Waals surface area contributed by atoms with Gasteiger partial charge in [0.1, 0.15) is 0 Å². The molecule has 1 aliphatic heterocycles. The fourth-order valence-electron chi connectivity index (χ4n) is 2.46. The third-order valence-electron chi connectivity index (χ3n) is 3.57. The Kier molecular flexibility index (Phi) is 7.98. The number of nitrogens with zero attached hydrogens (tertiary/aromatic N) is 2.